The molecule has 2 aromatic carbocycles. The van der Waals surface area contributed by atoms with Crippen LogP contribution < -0.4 is 10.2 Å². The highest BCUT2D eigenvalue weighted by atomic mass is 35.5. The van der Waals surface area contributed by atoms with Gasteiger partial charge < -0.3 is 10.2 Å². The van der Waals surface area contributed by atoms with Gasteiger partial charge in [-0.1, -0.05) is 11.6 Å². The molecular formula is C28H35ClN4O4S. The molecule has 7 rings (SSSR count). The molecule has 1 unspecified atom stereocenters. The van der Waals surface area contributed by atoms with Crippen LogP contribution in [0, 0.1) is 33.3 Å². The minimum Gasteiger partial charge on any atom is -0.376 e. The first kappa shape index (κ1) is 25.9. The van der Waals surface area contributed by atoms with Crippen molar-refractivity contribution in [3.8, 4) is 0 Å². The van der Waals surface area contributed by atoms with Crippen LogP contribution in [0.5, 0.6) is 0 Å². The van der Waals surface area contributed by atoms with Gasteiger partial charge in [0.1, 0.15) is 5.69 Å². The number of hydrogen-bond donors (Lipinski definition) is 1. The Labute approximate surface area is 229 Å². The molecule has 10 heteroatoms. The quantitative estimate of drug-likeness (QED) is 0.342. The van der Waals surface area contributed by atoms with E-state index in [2.05, 4.69) is 17.1 Å². The van der Waals surface area contributed by atoms with Gasteiger partial charge in [0, 0.05) is 49.0 Å². The summed E-state index contributed by atoms with van der Waals surface area (Å²) in [6.07, 6.45) is 7.77. The van der Waals surface area contributed by atoms with Crippen molar-refractivity contribution in [2.75, 3.05) is 36.4 Å². The second-order valence-corrected chi connectivity index (χ2v) is 14.3. The highest BCUT2D eigenvalue weighted by molar-refractivity contribution is 7.89. The van der Waals surface area contributed by atoms with Crippen LogP contribution in [0.3, 0.4) is 0 Å². The summed E-state index contributed by atoms with van der Waals surface area (Å²) in [4.78, 5) is 13.9. The standard InChI is InChI=1S/C28H35ClN4O4S/c1-19(28-16-20-12-21(17-28)14-22(13-20)18-28)30-26-15-24(4-7-27(26)33(34)35)31-8-10-32(11-9-31)38(36,37)25-5-2-23(29)3-6-25/h2-7,15,19-22,30H,8-14,16-18H2,1H3. The van der Waals surface area contributed by atoms with E-state index in [1.165, 1.54) is 55.0 Å². The molecule has 5 fully saturated rings. The van der Waals surface area contributed by atoms with Crippen LogP contribution in [0.1, 0.15) is 45.4 Å². The Balaban J connectivity index is 1.18. The lowest BCUT2D eigenvalue weighted by molar-refractivity contribution is -0.384. The Morgan fingerprint density at radius 3 is 2.11 bits per heavy atom. The van der Waals surface area contributed by atoms with Crippen LogP contribution in [0.2, 0.25) is 5.02 Å². The van der Waals surface area contributed by atoms with Crippen molar-refractivity contribution in [1.29, 1.82) is 0 Å². The fourth-order valence-corrected chi connectivity index (χ4v) is 9.58. The Kier molecular flexibility index (Phi) is 6.60. The highest BCUT2D eigenvalue weighted by Gasteiger charge is 2.53. The molecule has 0 radical (unpaired) electrons. The SMILES string of the molecule is CC(Nc1cc(N2CCN(S(=O)(=O)c3ccc(Cl)cc3)CC2)ccc1[N+](=O)[O-])C12CC3CC(CC(C3)C1)C2. The van der Waals surface area contributed by atoms with Gasteiger partial charge in [-0.2, -0.15) is 4.31 Å². The molecule has 2 aromatic rings. The van der Waals surface area contributed by atoms with Crippen LogP contribution in [0.4, 0.5) is 17.1 Å². The molecule has 1 aliphatic heterocycles. The van der Waals surface area contributed by atoms with Gasteiger partial charge in [0.05, 0.1) is 9.82 Å². The topological polar surface area (TPSA) is 95.8 Å². The van der Waals surface area contributed by atoms with Crippen LogP contribution in [0.25, 0.3) is 0 Å². The van der Waals surface area contributed by atoms with Gasteiger partial charge in [-0.3, -0.25) is 10.1 Å². The molecule has 0 amide bonds. The summed E-state index contributed by atoms with van der Waals surface area (Å²) in [6.45, 7) is 3.91. The first-order valence-corrected chi connectivity index (χ1v) is 15.5. The summed E-state index contributed by atoms with van der Waals surface area (Å²) in [5.41, 5.74) is 1.75. The van der Waals surface area contributed by atoms with Crippen LogP contribution in [-0.2, 0) is 10.0 Å². The number of rotatable bonds is 7. The van der Waals surface area contributed by atoms with Gasteiger partial charge in [-0.25, -0.2) is 8.42 Å². The van der Waals surface area contributed by atoms with Gasteiger partial charge in [0.2, 0.25) is 10.0 Å². The second-order valence-electron chi connectivity index (χ2n) is 11.9. The number of nitro benzene ring substituents is 1. The van der Waals surface area contributed by atoms with Crippen molar-refractivity contribution in [2.24, 2.45) is 23.2 Å². The smallest absolute Gasteiger partial charge is 0.292 e. The number of nitro groups is 1. The fourth-order valence-electron chi connectivity index (χ4n) is 8.03. The number of hydrogen-bond acceptors (Lipinski definition) is 6. The van der Waals surface area contributed by atoms with Crippen molar-refractivity contribution < 1.29 is 13.3 Å². The molecule has 204 valence electrons. The Morgan fingerprint density at radius 1 is 0.974 bits per heavy atom. The summed E-state index contributed by atoms with van der Waals surface area (Å²) < 4.78 is 27.7. The van der Waals surface area contributed by atoms with Crippen LogP contribution in [0.15, 0.2) is 47.4 Å². The van der Waals surface area contributed by atoms with E-state index < -0.39 is 10.0 Å². The van der Waals surface area contributed by atoms with Crippen molar-refractivity contribution in [3.05, 3.63) is 57.6 Å². The molecule has 0 spiro atoms. The lowest BCUT2D eigenvalue weighted by Gasteiger charge is -2.59. The predicted molar refractivity (Wildman–Crippen MR) is 149 cm³/mol. The number of sulfonamides is 1. The lowest BCUT2D eigenvalue weighted by atomic mass is 9.48. The van der Waals surface area contributed by atoms with Gasteiger partial charge in [0.15, 0.2) is 0 Å². The predicted octanol–water partition coefficient (Wildman–Crippen LogP) is 5.78. The molecule has 1 N–H and O–H groups in total. The zero-order chi connectivity index (χ0) is 26.7. The number of anilines is 2. The summed E-state index contributed by atoms with van der Waals surface area (Å²) >= 11 is 5.92. The summed E-state index contributed by atoms with van der Waals surface area (Å²) in [6, 6.07) is 11.6. The number of halogens is 1. The molecule has 5 aliphatic rings. The summed E-state index contributed by atoms with van der Waals surface area (Å²) in [5.74, 6) is 2.44. The average Bonchev–Trinajstić information content (AvgIpc) is 2.88. The van der Waals surface area contributed by atoms with Crippen molar-refractivity contribution >= 4 is 38.7 Å². The van der Waals surface area contributed by atoms with Gasteiger partial charge in [-0.15, -0.1) is 0 Å². The zero-order valence-corrected chi connectivity index (χ0v) is 23.3. The van der Waals surface area contributed by atoms with Crippen molar-refractivity contribution in [3.63, 3.8) is 0 Å². The molecule has 4 bridgehead atoms. The molecule has 1 saturated heterocycles. The van der Waals surface area contributed by atoms with E-state index >= 15 is 0 Å². The minimum absolute atomic E-state index is 0.0919. The first-order valence-electron chi connectivity index (χ1n) is 13.7. The molecule has 0 aromatic heterocycles. The van der Waals surface area contributed by atoms with Crippen LogP contribution >= 0.6 is 11.6 Å². The first-order chi connectivity index (χ1) is 18.1. The Bertz CT molecular complexity index is 1290. The summed E-state index contributed by atoms with van der Waals surface area (Å²) in [7, 11) is -3.60. The van der Waals surface area contributed by atoms with E-state index in [4.69, 9.17) is 11.6 Å². The van der Waals surface area contributed by atoms with E-state index in [1.807, 2.05) is 6.07 Å². The van der Waals surface area contributed by atoms with E-state index in [1.54, 1.807) is 24.3 Å². The molecule has 1 heterocycles. The lowest BCUT2D eigenvalue weighted by Crippen LogP contribution is -2.53. The van der Waals surface area contributed by atoms with E-state index in [0.29, 0.717) is 36.9 Å². The maximum Gasteiger partial charge on any atom is 0.292 e. The third kappa shape index (κ3) is 4.67. The third-order valence-corrected chi connectivity index (χ3v) is 11.8. The molecule has 4 saturated carbocycles. The van der Waals surface area contributed by atoms with Gasteiger partial charge in [0.25, 0.3) is 5.69 Å². The Morgan fingerprint density at radius 2 is 1.55 bits per heavy atom. The van der Waals surface area contributed by atoms with Crippen molar-refractivity contribution in [2.45, 2.75) is 56.4 Å². The van der Waals surface area contributed by atoms with Crippen LogP contribution in [-0.4, -0.2) is 49.9 Å². The minimum atomic E-state index is -3.60. The fraction of sp³-hybridized carbons (Fsp3) is 0.571. The second kappa shape index (κ2) is 9.68. The summed E-state index contributed by atoms with van der Waals surface area (Å²) in [5, 5.41) is 16.0. The number of benzene rings is 2. The average molecular weight is 559 g/mol. The largest absolute Gasteiger partial charge is 0.376 e. The number of nitrogens with one attached hydrogen (secondary N) is 1. The number of nitrogens with zero attached hydrogens (tertiary/aromatic N) is 3. The molecule has 38 heavy (non-hydrogen) atoms. The van der Waals surface area contributed by atoms with E-state index in [9.17, 15) is 18.5 Å². The molecule has 1 atom stereocenters. The van der Waals surface area contributed by atoms with Crippen molar-refractivity contribution in [1.82, 2.24) is 4.31 Å². The maximum atomic E-state index is 13.1. The maximum absolute atomic E-state index is 13.1. The van der Waals surface area contributed by atoms with Gasteiger partial charge >= 0.3 is 0 Å². The number of piperazine rings is 1. The molecule has 8 nitrogen and oxygen atoms in total. The molecular weight excluding hydrogens is 524 g/mol. The highest BCUT2D eigenvalue weighted by Crippen LogP contribution is 2.61. The monoisotopic (exact) mass is 558 g/mol. The zero-order valence-electron chi connectivity index (χ0n) is 21.7. The Hall–Kier alpha value is -2.36. The third-order valence-electron chi connectivity index (χ3n) is 9.61. The van der Waals surface area contributed by atoms with E-state index in [-0.39, 0.29) is 27.0 Å². The van der Waals surface area contributed by atoms with Gasteiger partial charge in [-0.05, 0) is 105 Å². The van der Waals surface area contributed by atoms with E-state index in [0.717, 1.165) is 23.4 Å². The molecule has 4 aliphatic carbocycles. The normalized spacial score (nSPS) is 29.8.